The normalized spacial score (nSPS) is 11.1. The second-order valence-electron chi connectivity index (χ2n) is 6.66. The molecule has 0 fully saturated rings. The lowest BCUT2D eigenvalue weighted by Gasteiger charge is -2.12. The number of rotatable bonds is 6. The zero-order valence-electron chi connectivity index (χ0n) is 16.6. The minimum Gasteiger partial charge on any atom is -0.416 e. The number of benzene rings is 2. The lowest BCUT2D eigenvalue weighted by atomic mass is 9.97. The van der Waals surface area contributed by atoms with Crippen LogP contribution in [0.5, 0.6) is 0 Å². The molecule has 0 aliphatic rings. The number of hydrogen-bond donors (Lipinski definition) is 2. The third-order valence-electron chi connectivity index (χ3n) is 5.26. The smallest absolute Gasteiger partial charge is 0.250 e. The first-order valence-corrected chi connectivity index (χ1v) is 9.70. The Bertz CT molecular complexity index is 883. The van der Waals surface area contributed by atoms with Gasteiger partial charge in [-0.1, -0.05) is 39.8 Å². The third kappa shape index (κ3) is 3.29. The van der Waals surface area contributed by atoms with Crippen molar-refractivity contribution in [3.05, 3.63) is 46.5 Å². The van der Waals surface area contributed by atoms with Gasteiger partial charge in [0.25, 0.3) is 0 Å². The molecule has 2 aromatic carbocycles. The van der Waals surface area contributed by atoms with E-state index < -0.39 is 0 Å². The molecule has 142 valence electrons. The van der Waals surface area contributed by atoms with Crippen molar-refractivity contribution in [2.24, 2.45) is 0 Å². The standard InChI is InChI=1S/C22H28N4O/c1-5-13-9-11-17(19(23)15(13)7-3)21-25-26-22(27-21)18-12-10-14(6-2)16(8-4)20(18)24/h9-12H,5-8,23-24H2,1-4H3. The van der Waals surface area contributed by atoms with Crippen LogP contribution in [0.2, 0.25) is 0 Å². The summed E-state index contributed by atoms with van der Waals surface area (Å²) in [5, 5.41) is 8.48. The number of nitrogen functional groups attached to an aromatic ring is 2. The number of nitrogens with zero attached hydrogens (tertiary/aromatic N) is 2. The van der Waals surface area contributed by atoms with Crippen LogP contribution in [0.4, 0.5) is 11.4 Å². The average molecular weight is 364 g/mol. The van der Waals surface area contributed by atoms with E-state index in [0.717, 1.165) is 59.3 Å². The van der Waals surface area contributed by atoms with E-state index in [-0.39, 0.29) is 0 Å². The van der Waals surface area contributed by atoms with Crippen molar-refractivity contribution in [3.8, 4) is 22.9 Å². The molecular formula is C22H28N4O. The van der Waals surface area contributed by atoms with E-state index in [9.17, 15) is 0 Å². The zero-order valence-corrected chi connectivity index (χ0v) is 16.6. The summed E-state index contributed by atoms with van der Waals surface area (Å²) in [4.78, 5) is 0. The third-order valence-corrected chi connectivity index (χ3v) is 5.26. The summed E-state index contributed by atoms with van der Waals surface area (Å²) >= 11 is 0. The van der Waals surface area contributed by atoms with Crippen LogP contribution < -0.4 is 11.5 Å². The van der Waals surface area contributed by atoms with E-state index in [1.54, 1.807) is 0 Å². The van der Waals surface area contributed by atoms with Gasteiger partial charge in [0.05, 0.1) is 11.1 Å². The highest BCUT2D eigenvalue weighted by Crippen LogP contribution is 2.35. The van der Waals surface area contributed by atoms with Crippen molar-refractivity contribution in [3.63, 3.8) is 0 Å². The Hall–Kier alpha value is -2.82. The van der Waals surface area contributed by atoms with E-state index in [4.69, 9.17) is 15.9 Å². The summed E-state index contributed by atoms with van der Waals surface area (Å²) in [7, 11) is 0. The highest BCUT2D eigenvalue weighted by molar-refractivity contribution is 5.78. The molecule has 0 radical (unpaired) electrons. The summed E-state index contributed by atoms with van der Waals surface area (Å²) in [6, 6.07) is 8.11. The summed E-state index contributed by atoms with van der Waals surface area (Å²) < 4.78 is 5.98. The van der Waals surface area contributed by atoms with E-state index >= 15 is 0 Å². The van der Waals surface area contributed by atoms with E-state index in [1.165, 1.54) is 11.1 Å². The van der Waals surface area contributed by atoms with Crippen LogP contribution in [-0.2, 0) is 25.7 Å². The Morgan fingerprint density at radius 1 is 0.667 bits per heavy atom. The molecule has 0 saturated carbocycles. The Morgan fingerprint density at radius 2 is 1.07 bits per heavy atom. The number of aryl methyl sites for hydroxylation is 2. The SMILES string of the molecule is CCc1ccc(-c2nnc(-c3ccc(CC)c(CC)c3N)o2)c(N)c1CC. The molecule has 0 aliphatic heterocycles. The largest absolute Gasteiger partial charge is 0.416 e. The van der Waals surface area contributed by atoms with Gasteiger partial charge in [0.15, 0.2) is 0 Å². The Kier molecular flexibility index (Phi) is 5.49. The van der Waals surface area contributed by atoms with Crippen molar-refractivity contribution in [1.29, 1.82) is 0 Å². The zero-order chi connectivity index (χ0) is 19.6. The highest BCUT2D eigenvalue weighted by Gasteiger charge is 2.19. The monoisotopic (exact) mass is 364 g/mol. The van der Waals surface area contributed by atoms with Gasteiger partial charge in [-0.2, -0.15) is 0 Å². The Labute approximate surface area is 160 Å². The maximum Gasteiger partial charge on any atom is 0.250 e. The molecule has 0 amide bonds. The van der Waals surface area contributed by atoms with Crippen LogP contribution in [0.15, 0.2) is 28.7 Å². The molecule has 0 spiro atoms. The molecule has 0 aliphatic carbocycles. The summed E-state index contributed by atoms with van der Waals surface area (Å²) in [5.74, 6) is 0.855. The molecule has 0 atom stereocenters. The molecule has 4 N–H and O–H groups in total. The molecule has 3 rings (SSSR count). The summed E-state index contributed by atoms with van der Waals surface area (Å²) in [6.07, 6.45) is 3.63. The Balaban J connectivity index is 2.06. The average Bonchev–Trinajstić information content (AvgIpc) is 3.16. The molecular weight excluding hydrogens is 336 g/mol. The summed E-state index contributed by atoms with van der Waals surface area (Å²) in [5.41, 5.74) is 20.6. The highest BCUT2D eigenvalue weighted by atomic mass is 16.4. The second kappa shape index (κ2) is 7.82. The molecule has 0 unspecified atom stereocenters. The van der Waals surface area contributed by atoms with Crippen molar-refractivity contribution < 1.29 is 4.42 Å². The predicted molar refractivity (Wildman–Crippen MR) is 112 cm³/mol. The van der Waals surface area contributed by atoms with Crippen LogP contribution in [0.25, 0.3) is 22.9 Å². The van der Waals surface area contributed by atoms with Crippen molar-refractivity contribution in [2.45, 2.75) is 53.4 Å². The lowest BCUT2D eigenvalue weighted by molar-refractivity contribution is 0.585. The molecule has 27 heavy (non-hydrogen) atoms. The number of aromatic nitrogens is 2. The van der Waals surface area contributed by atoms with E-state index in [0.29, 0.717) is 11.8 Å². The molecule has 0 bridgehead atoms. The van der Waals surface area contributed by atoms with Gasteiger partial charge < -0.3 is 15.9 Å². The number of nitrogens with two attached hydrogens (primary N) is 2. The topological polar surface area (TPSA) is 91.0 Å². The molecule has 0 saturated heterocycles. The molecule has 3 aromatic rings. The minimum absolute atomic E-state index is 0.428. The fourth-order valence-electron chi connectivity index (χ4n) is 3.73. The first kappa shape index (κ1) is 19.0. The maximum absolute atomic E-state index is 6.41. The van der Waals surface area contributed by atoms with Gasteiger partial charge in [0.1, 0.15) is 0 Å². The van der Waals surface area contributed by atoms with E-state index in [1.807, 2.05) is 12.1 Å². The summed E-state index contributed by atoms with van der Waals surface area (Å²) in [6.45, 7) is 8.48. The van der Waals surface area contributed by atoms with E-state index in [2.05, 4.69) is 50.0 Å². The van der Waals surface area contributed by atoms with Crippen molar-refractivity contribution in [2.75, 3.05) is 11.5 Å². The van der Waals surface area contributed by atoms with Crippen molar-refractivity contribution >= 4 is 11.4 Å². The maximum atomic E-state index is 6.41. The van der Waals surface area contributed by atoms with Crippen molar-refractivity contribution in [1.82, 2.24) is 10.2 Å². The second-order valence-corrected chi connectivity index (χ2v) is 6.66. The molecule has 5 nitrogen and oxygen atoms in total. The fraction of sp³-hybridized carbons (Fsp3) is 0.364. The first-order valence-electron chi connectivity index (χ1n) is 9.70. The van der Waals surface area contributed by atoms with Gasteiger partial charge in [-0.25, -0.2) is 0 Å². The molecule has 1 aromatic heterocycles. The lowest BCUT2D eigenvalue weighted by Crippen LogP contribution is -2.01. The minimum atomic E-state index is 0.428. The predicted octanol–water partition coefficient (Wildman–Crippen LogP) is 4.82. The van der Waals surface area contributed by atoms with Crippen LogP contribution >= 0.6 is 0 Å². The number of hydrogen-bond acceptors (Lipinski definition) is 5. The van der Waals surface area contributed by atoms with Gasteiger partial charge >= 0.3 is 0 Å². The van der Waals surface area contributed by atoms with Gasteiger partial charge in [-0.05, 0) is 60.1 Å². The fourth-order valence-corrected chi connectivity index (χ4v) is 3.73. The van der Waals surface area contributed by atoms with Gasteiger partial charge in [-0.15, -0.1) is 10.2 Å². The quantitative estimate of drug-likeness (QED) is 0.612. The van der Waals surface area contributed by atoms with Gasteiger partial charge in [0.2, 0.25) is 11.8 Å². The van der Waals surface area contributed by atoms with Crippen LogP contribution in [0, 0.1) is 0 Å². The Morgan fingerprint density at radius 3 is 1.41 bits per heavy atom. The van der Waals surface area contributed by atoms with Crippen LogP contribution in [-0.4, -0.2) is 10.2 Å². The molecule has 1 heterocycles. The van der Waals surface area contributed by atoms with Crippen LogP contribution in [0.1, 0.15) is 49.9 Å². The van der Waals surface area contributed by atoms with Gasteiger partial charge in [-0.3, -0.25) is 0 Å². The first-order chi connectivity index (χ1) is 13.0. The number of anilines is 2. The van der Waals surface area contributed by atoms with Crippen LogP contribution in [0.3, 0.4) is 0 Å². The van der Waals surface area contributed by atoms with Gasteiger partial charge in [0, 0.05) is 11.4 Å². The molecule has 5 heteroatoms.